The molecule has 14 nitrogen and oxygen atoms in total. The van der Waals surface area contributed by atoms with Crippen LogP contribution in [0, 0.1) is 58.3 Å². The lowest BCUT2D eigenvalue weighted by Gasteiger charge is -2.15. The maximum absolute atomic E-state index is 12.4. The zero-order chi connectivity index (χ0) is 82.6. The van der Waals surface area contributed by atoms with Gasteiger partial charge in [-0.05, 0) is 269 Å². The van der Waals surface area contributed by atoms with E-state index in [2.05, 4.69) is 212 Å². The third-order valence-electron chi connectivity index (χ3n) is 24.1. The van der Waals surface area contributed by atoms with Crippen molar-refractivity contribution >= 4 is 119 Å². The van der Waals surface area contributed by atoms with E-state index in [1.807, 2.05) is 62.4 Å². The molecule has 0 aromatic heterocycles. The summed E-state index contributed by atoms with van der Waals surface area (Å²) in [5.74, 6) is 14.1. The fourth-order valence-corrected chi connectivity index (χ4v) is 18.4. The number of ketones is 1. The molecule has 1 fully saturated rings. The summed E-state index contributed by atoms with van der Waals surface area (Å²) in [4.78, 5) is 73.3. The van der Waals surface area contributed by atoms with Crippen LogP contribution in [0.5, 0.6) is 11.5 Å². The van der Waals surface area contributed by atoms with E-state index < -0.39 is 0 Å². The van der Waals surface area contributed by atoms with Gasteiger partial charge in [0.15, 0.2) is 11.5 Å². The molecule has 11 aliphatic rings. The first kappa shape index (κ1) is 78.1. The van der Waals surface area contributed by atoms with E-state index in [1.165, 1.54) is 139 Å². The van der Waals surface area contributed by atoms with Crippen molar-refractivity contribution < 1.29 is 43.0 Å². The second-order valence-corrected chi connectivity index (χ2v) is 32.6. The number of carbonyl (C=O) groups is 6. The summed E-state index contributed by atoms with van der Waals surface area (Å²) >= 11 is 0. The fraction of sp³-hybridized carbons (Fsp3) is 0.238. The number of ether oxygens (including phenoxy) is 3. The summed E-state index contributed by atoms with van der Waals surface area (Å²) in [6, 6.07) is 61.0. The van der Waals surface area contributed by atoms with Gasteiger partial charge in [0.1, 0.15) is 11.9 Å². The summed E-state index contributed by atoms with van der Waals surface area (Å²) in [5.41, 5.74) is 45.1. The zero-order valence-corrected chi connectivity index (χ0v) is 68.9. The molecule has 10 aromatic carbocycles. The van der Waals surface area contributed by atoms with Crippen molar-refractivity contribution in [2.75, 3.05) is 47.4 Å². The van der Waals surface area contributed by atoms with Crippen LogP contribution in [-0.2, 0) is 78.4 Å². The number of rotatable bonds is 6. The van der Waals surface area contributed by atoms with Gasteiger partial charge in [-0.2, -0.15) is 0 Å². The summed E-state index contributed by atoms with van der Waals surface area (Å²) in [6.07, 6.45) is 8.75. The number of fused-ring (bicyclic) bond motifs is 20. The van der Waals surface area contributed by atoms with Gasteiger partial charge in [0.2, 0.25) is 29.5 Å². The van der Waals surface area contributed by atoms with E-state index in [9.17, 15) is 28.8 Å². The van der Waals surface area contributed by atoms with Crippen LogP contribution in [-0.4, -0.2) is 56.1 Å². The molecule has 6 heterocycles. The smallest absolute Gasteiger partial charge is 0.228 e. The summed E-state index contributed by atoms with van der Waals surface area (Å²) in [5, 5.41) is 15.2. The molecule has 10 aromatic rings. The minimum Gasteiger partial charge on any atom is -0.493 e. The van der Waals surface area contributed by atoms with Crippen molar-refractivity contribution in [2.24, 2.45) is 0 Å². The summed E-state index contributed by atoms with van der Waals surface area (Å²) in [6.45, 7) is 16.8. The highest BCUT2D eigenvalue weighted by atomic mass is 16.6. The molecule has 0 bridgehead atoms. The zero-order valence-electron chi connectivity index (χ0n) is 68.9. The van der Waals surface area contributed by atoms with Gasteiger partial charge in [-0.1, -0.05) is 162 Å². The van der Waals surface area contributed by atoms with E-state index in [1.54, 1.807) is 21.1 Å². The molecule has 5 aliphatic carbocycles. The lowest BCUT2D eigenvalue weighted by atomic mass is 9.95. The molecule has 5 amide bonds. The van der Waals surface area contributed by atoms with Crippen LogP contribution in [0.25, 0.3) is 55.7 Å². The van der Waals surface area contributed by atoms with Crippen LogP contribution >= 0.6 is 0 Å². The largest absolute Gasteiger partial charge is 0.493 e. The number of nitrogens with one attached hydrogen (secondary N) is 5. The van der Waals surface area contributed by atoms with Gasteiger partial charge in [0, 0.05) is 81.5 Å². The summed E-state index contributed by atoms with van der Waals surface area (Å²) in [7, 11) is 3.23. The normalized spacial score (nSPS) is 16.3. The van der Waals surface area contributed by atoms with Gasteiger partial charge in [-0.25, -0.2) is 0 Å². The Kier molecular flexibility index (Phi) is 21.4. The highest BCUT2D eigenvalue weighted by Crippen LogP contribution is 2.52. The first-order valence-corrected chi connectivity index (χ1v) is 41.0. The molecule has 592 valence electrons. The molecule has 119 heavy (non-hydrogen) atoms. The highest BCUT2D eigenvalue weighted by molar-refractivity contribution is 6.17. The predicted molar refractivity (Wildman–Crippen MR) is 477 cm³/mol. The Labute approximate surface area is 695 Å². The van der Waals surface area contributed by atoms with Crippen LogP contribution in [0.15, 0.2) is 176 Å². The van der Waals surface area contributed by atoms with Crippen LogP contribution < -0.4 is 36.1 Å². The molecule has 6 aliphatic heterocycles. The third kappa shape index (κ3) is 16.0. The van der Waals surface area contributed by atoms with Gasteiger partial charge >= 0.3 is 0 Å². The Morgan fingerprint density at radius 1 is 0.370 bits per heavy atom. The lowest BCUT2D eigenvalue weighted by molar-refractivity contribution is -0.117. The Morgan fingerprint density at radius 3 is 1.07 bits per heavy atom. The van der Waals surface area contributed by atoms with E-state index >= 15 is 0 Å². The van der Waals surface area contributed by atoms with Gasteiger partial charge in [-0.3, -0.25) is 28.8 Å². The van der Waals surface area contributed by atoms with Crippen molar-refractivity contribution in [1.29, 1.82) is 0 Å². The molecular formula is C105H93N5O9. The molecule has 1 saturated heterocycles. The molecular weight excluding hydrogens is 1480 g/mol. The Balaban J connectivity index is 0.000000106. The van der Waals surface area contributed by atoms with E-state index in [0.717, 1.165) is 130 Å². The number of hydrogen-bond donors (Lipinski definition) is 5. The number of Topliss-reactive ketones (excluding diaryl/α,β-unsaturated/α-hetero) is 1. The Bertz CT molecular complexity index is 6400. The molecule has 5 N–H and O–H groups in total. The van der Waals surface area contributed by atoms with Crippen molar-refractivity contribution in [3.8, 4) is 35.2 Å². The molecule has 0 saturated carbocycles. The maximum atomic E-state index is 12.4. The van der Waals surface area contributed by atoms with Gasteiger partial charge < -0.3 is 40.8 Å². The van der Waals surface area contributed by atoms with Gasteiger partial charge in [-0.15, -0.1) is 5.92 Å². The van der Waals surface area contributed by atoms with E-state index in [0.29, 0.717) is 50.0 Å². The Hall–Kier alpha value is -13.4. The van der Waals surface area contributed by atoms with Gasteiger partial charge in [0.25, 0.3) is 0 Å². The number of amides is 5. The average molecular weight is 1570 g/mol. The molecule has 1 atom stereocenters. The average Bonchev–Trinajstić information content (AvgIpc) is 1.64. The number of methoxy groups -OCH3 is 2. The van der Waals surface area contributed by atoms with Crippen LogP contribution in [0.2, 0.25) is 0 Å². The molecule has 0 spiro atoms. The SMILES string of the molecule is CC#CCc1ccc2c(c1)C1=C(CC(=O)N2)c2cc(C)ccc2C1.CC(=O)Cc1ccc2c(c1)C1=C(CC(=O)N2)c2cc(C)ccc2C1.CCC#Cc1ccc2c(c1)C1=C(CC(=O)N2)c2cc(C)ccc2C1.COc1cc2c(cc1OC)C1=C(CC(=O)N2)c2cc(C)ccc2C1.Cc1ccc2c(c1)C1=C(C2)c2cc(C3CO3)ccc2NC(=O)C1. The molecule has 0 radical (unpaired) electrons. The van der Waals surface area contributed by atoms with Crippen molar-refractivity contribution in [2.45, 2.75) is 145 Å². The summed E-state index contributed by atoms with van der Waals surface area (Å²) < 4.78 is 16.3. The minimum atomic E-state index is 0.00262. The number of aryl methyl sites for hydroxylation is 5. The van der Waals surface area contributed by atoms with Crippen LogP contribution in [0.4, 0.5) is 28.4 Å². The lowest BCUT2D eigenvalue weighted by Crippen LogP contribution is -2.11. The predicted octanol–water partition coefficient (Wildman–Crippen LogP) is 20.6. The topological polar surface area (TPSA) is 194 Å². The first-order chi connectivity index (χ1) is 57.6. The Morgan fingerprint density at radius 2 is 0.697 bits per heavy atom. The van der Waals surface area contributed by atoms with E-state index in [-0.39, 0.29) is 41.4 Å². The van der Waals surface area contributed by atoms with Crippen LogP contribution in [0.3, 0.4) is 0 Å². The molecule has 21 rings (SSSR count). The molecule has 14 heteroatoms. The number of carbonyl (C=O) groups excluding carboxylic acids is 6. The van der Waals surface area contributed by atoms with Crippen LogP contribution in [0.1, 0.15) is 199 Å². The third-order valence-corrected chi connectivity index (χ3v) is 24.1. The minimum absolute atomic E-state index is 0.00262. The van der Waals surface area contributed by atoms with Crippen molar-refractivity contribution in [1.82, 2.24) is 0 Å². The first-order valence-electron chi connectivity index (χ1n) is 41.0. The highest BCUT2D eigenvalue weighted by Gasteiger charge is 2.36. The van der Waals surface area contributed by atoms with Gasteiger partial charge in [0.05, 0.1) is 58.6 Å². The monoisotopic (exact) mass is 1570 g/mol. The number of allylic oxidation sites excluding steroid dienone is 5. The quantitative estimate of drug-likeness (QED) is 0.0796. The number of anilines is 5. The number of benzene rings is 10. The van der Waals surface area contributed by atoms with E-state index in [4.69, 9.17) is 14.2 Å². The second kappa shape index (κ2) is 32.6. The number of epoxide rings is 1. The number of hydrogen-bond acceptors (Lipinski definition) is 9. The standard InChI is InChI=1S/2C22H19NO.C21H19NO2.C20H19NO3.C20H17NO2/c2*1-3-4-5-15-7-9-21-20(11-15)18-12-16-8-6-14(2)10-17(16)19(18)13-22(24)23-21;1-12-3-5-15-10-17-18(16(15)7-12)11-21(24)22-20-6-4-14(8-13(2)23)9-19(17)20;1-11-4-5-12-7-14-15(13(12)6-11)9-20(22)21-17-10-19(24-3)18(23-2)8-16(14)17;1-11-2-3-12-7-15-16(14(12)6-11)9-20(22)21-18-5-4-13(8-17(15)18)19-10-23-19/h6-11H,5,12-13H2,1-2H3,(H,23,24);6-11H,3,12-13H2,1-2H3,(H,23,24);3-7,9H,8,10-11H2,1-2H3,(H,22,24);4-6,8,10H,7,9H2,1-3H3,(H,21,22);2-6,8,19H,7,9-10H2,1H3,(H,21,22). The fourth-order valence-electron chi connectivity index (χ4n) is 18.4. The molecule has 1 unspecified atom stereocenters. The van der Waals surface area contributed by atoms with Crippen molar-refractivity contribution in [3.63, 3.8) is 0 Å². The maximum Gasteiger partial charge on any atom is 0.228 e. The van der Waals surface area contributed by atoms with Crippen molar-refractivity contribution in [3.05, 3.63) is 309 Å². The second-order valence-electron chi connectivity index (χ2n) is 32.6.